The summed E-state index contributed by atoms with van der Waals surface area (Å²) in [6, 6.07) is 183. The van der Waals surface area contributed by atoms with Crippen LogP contribution in [-0.2, 0) is 5.41 Å². The molecule has 0 saturated carbocycles. The maximum absolute atomic E-state index is 8.28. The van der Waals surface area contributed by atoms with Gasteiger partial charge in [0.2, 0.25) is 0 Å². The number of hydrogen-bond acceptors (Lipinski definition) is 6. The van der Waals surface area contributed by atoms with Crippen LogP contribution >= 0.6 is 0 Å². The van der Waals surface area contributed by atoms with Crippen LogP contribution in [0.15, 0.2) is 479 Å². The van der Waals surface area contributed by atoms with Crippen molar-refractivity contribution in [1.82, 2.24) is 0 Å². The lowest BCUT2D eigenvalue weighted by molar-refractivity contribution is 0.489. The Kier molecular flexibility index (Phi) is 17.8. The molecule has 7 aliphatic heterocycles. The van der Waals surface area contributed by atoms with E-state index in [-0.39, 0.29) is 18.8 Å². The van der Waals surface area contributed by atoms with Gasteiger partial charge in [0.25, 0.3) is 20.1 Å². The minimum absolute atomic E-state index is 0.318. The first-order chi connectivity index (χ1) is 70.5. The summed E-state index contributed by atoms with van der Waals surface area (Å²) in [6.07, 6.45) is 0. The number of nitrogens with zero attached hydrogens (tertiary/aromatic N) is 5. The largest absolute Gasteiger partial charge is 0.452 e. The summed E-state index contributed by atoms with van der Waals surface area (Å²) in [7, 11) is 0. The number of benzene rings is 23. The summed E-state index contributed by atoms with van der Waals surface area (Å²) in [4.78, 5) is 13.6. The van der Waals surface area contributed by atoms with Gasteiger partial charge >= 0.3 is 0 Å². The zero-order valence-corrected chi connectivity index (χ0v) is 79.0. The SMILES string of the molecule is CC(C)(C)c1cc2c3c(c1)N(c1cc(-c4ccccc4)cc(-c4ccccc4)c1)c1cc4ccccc4cc1B3c1cc3c(cc1N2c1cc(-c2ccccc2)cc(-c2ccccc2)c1)N(c1cc(-c2ccccc2)cc(-c2ccccc2)c1)c1cc2c4c5c1B3c1cc3ccccc3c3c1N5c1c(cc5ccccc5c1O3)B4c1cc3ccccc3cc1N2c1cc(-c2ccccc2)cc(-c2ccccc2)c1. The van der Waals surface area contributed by atoms with Gasteiger partial charge in [-0.25, -0.2) is 0 Å². The molecule has 0 bridgehead atoms. The molecule has 0 N–H and O–H groups in total. The van der Waals surface area contributed by atoms with Crippen LogP contribution in [0.2, 0.25) is 0 Å². The predicted molar refractivity (Wildman–Crippen MR) is 606 cm³/mol. The van der Waals surface area contributed by atoms with Gasteiger partial charge in [0, 0.05) is 84.7 Å². The van der Waals surface area contributed by atoms with Gasteiger partial charge in [-0.3, -0.25) is 0 Å². The molecule has 7 aliphatic rings. The van der Waals surface area contributed by atoms with Crippen LogP contribution in [-0.4, -0.2) is 20.1 Å². The van der Waals surface area contributed by atoms with Crippen molar-refractivity contribution in [2.45, 2.75) is 26.2 Å². The van der Waals surface area contributed by atoms with E-state index in [9.17, 15) is 0 Å². The lowest BCUT2D eigenvalue weighted by atomic mass is 9.27. The van der Waals surface area contributed by atoms with Crippen molar-refractivity contribution in [3.63, 3.8) is 0 Å². The standard InChI is InChI=1S/C134H88B3N5O/c1-134(2,3)105-78-122-126-123(79-105)140(108-68-101(87-44-20-8-21-45-87)62-102(69-108)88-46-22-9-23-47-88)120-81-121-115(80-114(120)135(126)112-72-91-52-28-30-54-93(91)76-118(112)138(122)106-64-97(83-36-12-4-13-37-83)60-98(65-106)84-38-14-5-15-39-84)137-117-75-96-57-33-35-59-111(96)133-130(117)142-129-116(74-95-56-32-34-58-110(95)132(129)143-133)136-113-73-92-53-29-31-55-94(92)77-119(113)139(107-66-99(85-40-16-6-17-41-85)61-100(67-107)86-42-18-7-19-43-86)124-82-125(128(137)131(142)127(124)136)141(121)109-70-103(89-48-24-10-25-49-89)63-104(71-109)90-50-26-11-27-51-90/h4-82H,1-3H3. The number of hydrogen-bond donors (Lipinski definition) is 0. The Hall–Kier alpha value is -17.9. The van der Waals surface area contributed by atoms with Crippen molar-refractivity contribution in [1.29, 1.82) is 0 Å². The van der Waals surface area contributed by atoms with Crippen molar-refractivity contribution in [2.24, 2.45) is 0 Å². The number of rotatable bonds is 12. The molecule has 0 aromatic heterocycles. The van der Waals surface area contributed by atoms with Crippen molar-refractivity contribution >= 4 is 198 Å². The summed E-state index contributed by atoms with van der Waals surface area (Å²) >= 11 is 0. The molecule has 664 valence electrons. The van der Waals surface area contributed by atoms with Crippen molar-refractivity contribution in [3.05, 3.63) is 485 Å². The highest BCUT2D eigenvalue weighted by molar-refractivity contribution is 7.06. The van der Waals surface area contributed by atoms with E-state index in [0.717, 1.165) is 207 Å². The smallest absolute Gasteiger partial charge is 0.252 e. The second-order valence-electron chi connectivity index (χ2n) is 40.6. The summed E-state index contributed by atoms with van der Waals surface area (Å²) in [5, 5.41) is 9.05. The van der Waals surface area contributed by atoms with E-state index in [1.807, 2.05) is 0 Å². The molecule has 0 fully saturated rings. The molecule has 0 saturated heterocycles. The molecular weight excluding hydrogens is 1730 g/mol. The zero-order chi connectivity index (χ0) is 94.1. The monoisotopic (exact) mass is 1820 g/mol. The number of anilines is 15. The fraction of sp³-hybridized carbons (Fsp3) is 0.0299. The number of fused-ring (bicyclic) bond motifs is 16. The van der Waals surface area contributed by atoms with E-state index in [4.69, 9.17) is 4.74 Å². The maximum atomic E-state index is 8.28. The van der Waals surface area contributed by atoms with Crippen molar-refractivity contribution in [2.75, 3.05) is 24.5 Å². The fourth-order valence-electron chi connectivity index (χ4n) is 25.0. The summed E-state index contributed by atoms with van der Waals surface area (Å²) in [5.74, 6) is 1.72. The van der Waals surface area contributed by atoms with Gasteiger partial charge in [0.05, 0.1) is 11.4 Å². The lowest BCUT2D eigenvalue weighted by Crippen LogP contribution is -2.69. The third kappa shape index (κ3) is 12.5. The Balaban J connectivity index is 0.790. The molecule has 9 heteroatoms. The third-order valence-corrected chi connectivity index (χ3v) is 31.4. The first kappa shape index (κ1) is 81.1. The van der Waals surface area contributed by atoms with Gasteiger partial charge in [-0.15, -0.1) is 0 Å². The molecule has 6 nitrogen and oxygen atoms in total. The van der Waals surface area contributed by atoms with E-state index in [1.165, 1.54) is 76.6 Å². The van der Waals surface area contributed by atoms with E-state index in [1.54, 1.807) is 0 Å². The van der Waals surface area contributed by atoms with Crippen LogP contribution in [0.5, 0.6) is 11.5 Å². The highest BCUT2D eigenvalue weighted by Crippen LogP contribution is 2.61. The molecule has 23 aromatic carbocycles. The normalized spacial score (nSPS) is 13.4. The minimum atomic E-state index is -0.440. The predicted octanol–water partition coefficient (Wildman–Crippen LogP) is 29.8. The highest BCUT2D eigenvalue weighted by atomic mass is 16.5. The average Bonchev–Trinajstić information content (AvgIpc) is 0.650. The van der Waals surface area contributed by atoms with Gasteiger partial charge in [-0.2, -0.15) is 0 Å². The van der Waals surface area contributed by atoms with E-state index < -0.39 is 6.71 Å². The van der Waals surface area contributed by atoms with E-state index >= 15 is 0 Å². The molecule has 143 heavy (non-hydrogen) atoms. The van der Waals surface area contributed by atoms with Gasteiger partial charge < -0.3 is 29.2 Å². The Bertz CT molecular complexity index is 9090. The molecule has 0 aliphatic carbocycles. The van der Waals surface area contributed by atoms with Crippen LogP contribution in [0.4, 0.5) is 85.3 Å². The zero-order valence-electron chi connectivity index (χ0n) is 79.0. The molecule has 0 unspecified atom stereocenters. The molecule has 7 heterocycles. The quantitative estimate of drug-likeness (QED) is 0.113. The summed E-state index contributed by atoms with van der Waals surface area (Å²) in [5.41, 5.74) is 46.2. The Labute approximate surface area is 832 Å². The molecule has 0 atom stereocenters. The topological polar surface area (TPSA) is 25.4 Å². The second kappa shape index (κ2) is 31.3. The van der Waals surface area contributed by atoms with E-state index in [2.05, 4.69) is 525 Å². The van der Waals surface area contributed by atoms with Gasteiger partial charge in [-0.05, 0) is 291 Å². The van der Waals surface area contributed by atoms with Crippen LogP contribution in [0.25, 0.3) is 132 Å². The fourth-order valence-corrected chi connectivity index (χ4v) is 25.0. The van der Waals surface area contributed by atoms with Gasteiger partial charge in [-0.1, -0.05) is 391 Å². The minimum Gasteiger partial charge on any atom is -0.452 e. The molecule has 0 spiro atoms. The Morgan fingerprint density at radius 2 is 0.406 bits per heavy atom. The van der Waals surface area contributed by atoms with Crippen LogP contribution in [0.3, 0.4) is 0 Å². The van der Waals surface area contributed by atoms with Crippen LogP contribution in [0.1, 0.15) is 26.3 Å². The molecule has 30 rings (SSSR count). The first-order valence-corrected chi connectivity index (χ1v) is 50.0. The second-order valence-corrected chi connectivity index (χ2v) is 40.6. The summed E-state index contributed by atoms with van der Waals surface area (Å²) in [6.45, 7) is 6.09. The maximum Gasteiger partial charge on any atom is 0.252 e. The van der Waals surface area contributed by atoms with Gasteiger partial charge in [0.15, 0.2) is 11.5 Å². The molecular formula is C134H88B3N5O. The highest BCUT2D eigenvalue weighted by Gasteiger charge is 2.57. The Morgan fingerprint density at radius 1 is 0.175 bits per heavy atom. The average molecular weight is 1820 g/mol. The summed E-state index contributed by atoms with van der Waals surface area (Å²) < 4.78 is 8.28. The van der Waals surface area contributed by atoms with Gasteiger partial charge in [0.1, 0.15) is 0 Å². The first-order valence-electron chi connectivity index (χ1n) is 50.0. The molecule has 0 amide bonds. The number of ether oxygens (including phenoxy) is 1. The molecule has 23 aromatic rings. The van der Waals surface area contributed by atoms with Crippen molar-refractivity contribution < 1.29 is 4.74 Å². The van der Waals surface area contributed by atoms with Crippen molar-refractivity contribution in [3.8, 4) is 101 Å². The molecule has 0 radical (unpaired) electrons. The van der Waals surface area contributed by atoms with Crippen LogP contribution in [0, 0.1) is 0 Å². The van der Waals surface area contributed by atoms with E-state index in [0.29, 0.717) is 0 Å². The third-order valence-electron chi connectivity index (χ3n) is 31.4. The Morgan fingerprint density at radius 3 is 0.699 bits per heavy atom. The van der Waals surface area contributed by atoms with Crippen LogP contribution < -0.4 is 78.4 Å². The lowest BCUT2D eigenvalue weighted by Gasteiger charge is -2.53.